The van der Waals surface area contributed by atoms with E-state index in [1.807, 2.05) is 26.0 Å². The standard InChI is InChI=1S/C23H31NO3/c1-17(2)26-23-22(25)21(14-18(3)27-23)24(15-19-10-6-4-7-11-19)16-20-12-8-5-9-13-20/h4-13,17-18,21-23,25H,14-16H2,1-3H3/t18?,21?,22?,23-/m1/s1. The monoisotopic (exact) mass is 369 g/mol. The van der Waals surface area contributed by atoms with Crippen molar-refractivity contribution in [2.75, 3.05) is 0 Å². The van der Waals surface area contributed by atoms with Gasteiger partial charge in [0, 0.05) is 19.1 Å². The Morgan fingerprint density at radius 1 is 1.00 bits per heavy atom. The molecule has 3 unspecified atom stereocenters. The summed E-state index contributed by atoms with van der Waals surface area (Å²) in [6.07, 6.45) is -0.453. The van der Waals surface area contributed by atoms with Gasteiger partial charge in [0.15, 0.2) is 6.29 Å². The summed E-state index contributed by atoms with van der Waals surface area (Å²) in [6, 6.07) is 20.8. The lowest BCUT2D eigenvalue weighted by atomic mass is 9.97. The Morgan fingerprint density at radius 3 is 2.00 bits per heavy atom. The highest BCUT2D eigenvalue weighted by molar-refractivity contribution is 5.17. The molecule has 0 aromatic heterocycles. The summed E-state index contributed by atoms with van der Waals surface area (Å²) in [6.45, 7) is 7.54. The van der Waals surface area contributed by atoms with Gasteiger partial charge in [-0.1, -0.05) is 60.7 Å². The molecule has 27 heavy (non-hydrogen) atoms. The third-order valence-electron chi connectivity index (χ3n) is 4.95. The highest BCUT2D eigenvalue weighted by Gasteiger charge is 2.40. The molecule has 3 rings (SSSR count). The van der Waals surface area contributed by atoms with Gasteiger partial charge in [-0.3, -0.25) is 4.90 Å². The first-order chi connectivity index (χ1) is 13.0. The SMILES string of the molecule is CC(C)O[C@@H]1OC(C)CC(N(Cc2ccccc2)Cc2ccccc2)C1O. The summed E-state index contributed by atoms with van der Waals surface area (Å²) >= 11 is 0. The van der Waals surface area contributed by atoms with Gasteiger partial charge in [0.1, 0.15) is 6.10 Å². The zero-order valence-electron chi connectivity index (χ0n) is 16.5. The summed E-state index contributed by atoms with van der Waals surface area (Å²) in [5.41, 5.74) is 2.47. The fraction of sp³-hybridized carbons (Fsp3) is 0.478. The molecule has 0 aliphatic carbocycles. The topological polar surface area (TPSA) is 41.9 Å². The minimum Gasteiger partial charge on any atom is -0.386 e. The number of ether oxygens (including phenoxy) is 2. The first-order valence-electron chi connectivity index (χ1n) is 9.84. The van der Waals surface area contributed by atoms with E-state index >= 15 is 0 Å². The molecule has 4 atom stereocenters. The van der Waals surface area contributed by atoms with Gasteiger partial charge < -0.3 is 14.6 Å². The smallest absolute Gasteiger partial charge is 0.185 e. The predicted octanol–water partition coefficient (Wildman–Crippen LogP) is 3.98. The van der Waals surface area contributed by atoms with Crippen molar-refractivity contribution in [2.45, 2.75) is 70.9 Å². The second-order valence-corrected chi connectivity index (χ2v) is 7.67. The van der Waals surface area contributed by atoms with E-state index in [2.05, 4.69) is 60.4 Å². The van der Waals surface area contributed by atoms with Gasteiger partial charge in [-0.25, -0.2) is 0 Å². The second-order valence-electron chi connectivity index (χ2n) is 7.67. The average Bonchev–Trinajstić information content (AvgIpc) is 2.65. The van der Waals surface area contributed by atoms with Gasteiger partial charge in [-0.2, -0.15) is 0 Å². The number of nitrogens with zero attached hydrogens (tertiary/aromatic N) is 1. The number of rotatable bonds is 7. The molecular weight excluding hydrogens is 338 g/mol. The summed E-state index contributed by atoms with van der Waals surface area (Å²) in [4.78, 5) is 2.35. The molecule has 146 valence electrons. The number of hydrogen-bond acceptors (Lipinski definition) is 4. The Morgan fingerprint density at radius 2 is 1.52 bits per heavy atom. The normalized spacial score (nSPS) is 25.9. The van der Waals surface area contributed by atoms with E-state index in [-0.39, 0.29) is 18.2 Å². The van der Waals surface area contributed by atoms with E-state index in [1.165, 1.54) is 11.1 Å². The van der Waals surface area contributed by atoms with Crippen LogP contribution in [0, 0.1) is 0 Å². The molecule has 2 aromatic rings. The molecule has 1 fully saturated rings. The Balaban J connectivity index is 1.83. The van der Waals surface area contributed by atoms with Crippen molar-refractivity contribution in [2.24, 2.45) is 0 Å². The molecule has 0 spiro atoms. The summed E-state index contributed by atoms with van der Waals surface area (Å²) < 4.78 is 11.7. The van der Waals surface area contributed by atoms with Crippen LogP contribution < -0.4 is 0 Å². The van der Waals surface area contributed by atoms with Gasteiger partial charge in [-0.15, -0.1) is 0 Å². The van der Waals surface area contributed by atoms with Crippen LogP contribution in [0.2, 0.25) is 0 Å². The molecule has 0 saturated carbocycles. The lowest BCUT2D eigenvalue weighted by Gasteiger charge is -2.44. The number of aliphatic hydroxyl groups excluding tert-OH is 1. The van der Waals surface area contributed by atoms with Crippen LogP contribution in [0.25, 0.3) is 0 Å². The largest absolute Gasteiger partial charge is 0.386 e. The molecule has 1 aliphatic heterocycles. The van der Waals surface area contributed by atoms with Gasteiger partial charge in [0.2, 0.25) is 0 Å². The molecule has 1 aliphatic rings. The van der Waals surface area contributed by atoms with Crippen molar-refractivity contribution in [3.05, 3.63) is 71.8 Å². The van der Waals surface area contributed by atoms with Crippen molar-refractivity contribution in [1.82, 2.24) is 4.90 Å². The fourth-order valence-corrected chi connectivity index (χ4v) is 3.70. The number of benzene rings is 2. The van der Waals surface area contributed by atoms with E-state index < -0.39 is 12.4 Å². The molecule has 0 radical (unpaired) electrons. The first-order valence-corrected chi connectivity index (χ1v) is 9.84. The van der Waals surface area contributed by atoms with Crippen molar-refractivity contribution < 1.29 is 14.6 Å². The predicted molar refractivity (Wildman–Crippen MR) is 107 cm³/mol. The molecule has 1 saturated heterocycles. The van der Waals surface area contributed by atoms with Crippen LogP contribution in [-0.4, -0.2) is 40.7 Å². The summed E-state index contributed by atoms with van der Waals surface area (Å²) in [7, 11) is 0. The van der Waals surface area contributed by atoms with Gasteiger partial charge in [0.05, 0.1) is 12.2 Å². The van der Waals surface area contributed by atoms with Crippen LogP contribution in [-0.2, 0) is 22.6 Å². The maximum absolute atomic E-state index is 11.0. The van der Waals surface area contributed by atoms with Crippen LogP contribution in [0.15, 0.2) is 60.7 Å². The van der Waals surface area contributed by atoms with E-state index in [0.29, 0.717) is 0 Å². The van der Waals surface area contributed by atoms with Crippen molar-refractivity contribution in [3.63, 3.8) is 0 Å². The minimum atomic E-state index is -0.684. The average molecular weight is 370 g/mol. The van der Waals surface area contributed by atoms with Crippen LogP contribution in [0.1, 0.15) is 38.3 Å². The lowest BCUT2D eigenvalue weighted by Crippen LogP contribution is -2.56. The van der Waals surface area contributed by atoms with E-state index in [0.717, 1.165) is 19.5 Å². The Labute approximate surface area is 162 Å². The van der Waals surface area contributed by atoms with Crippen LogP contribution in [0.3, 0.4) is 0 Å². The third-order valence-corrected chi connectivity index (χ3v) is 4.95. The minimum absolute atomic E-state index is 0.00676. The fourth-order valence-electron chi connectivity index (χ4n) is 3.70. The van der Waals surface area contributed by atoms with Crippen LogP contribution in [0.4, 0.5) is 0 Å². The maximum atomic E-state index is 11.0. The van der Waals surface area contributed by atoms with E-state index in [4.69, 9.17) is 9.47 Å². The zero-order chi connectivity index (χ0) is 19.2. The second kappa shape index (κ2) is 9.47. The van der Waals surface area contributed by atoms with Gasteiger partial charge in [-0.05, 0) is 38.3 Å². The molecule has 4 nitrogen and oxygen atoms in total. The molecule has 2 aromatic carbocycles. The molecule has 0 amide bonds. The van der Waals surface area contributed by atoms with Gasteiger partial charge >= 0.3 is 0 Å². The van der Waals surface area contributed by atoms with Crippen molar-refractivity contribution in [3.8, 4) is 0 Å². The zero-order valence-corrected chi connectivity index (χ0v) is 16.5. The molecule has 0 bridgehead atoms. The van der Waals surface area contributed by atoms with Crippen LogP contribution in [0.5, 0.6) is 0 Å². The Hall–Kier alpha value is -1.72. The third kappa shape index (κ3) is 5.63. The van der Waals surface area contributed by atoms with Crippen LogP contribution >= 0.6 is 0 Å². The summed E-state index contributed by atoms with van der Waals surface area (Å²) in [5.74, 6) is 0. The molecule has 4 heteroatoms. The number of aliphatic hydroxyl groups is 1. The van der Waals surface area contributed by atoms with E-state index in [9.17, 15) is 5.11 Å². The Bertz CT molecular complexity index is 633. The molecule has 1 N–H and O–H groups in total. The summed E-state index contributed by atoms with van der Waals surface area (Å²) in [5, 5.41) is 11.0. The quantitative estimate of drug-likeness (QED) is 0.802. The molecule has 1 heterocycles. The van der Waals surface area contributed by atoms with Crippen molar-refractivity contribution in [1.29, 1.82) is 0 Å². The van der Waals surface area contributed by atoms with E-state index in [1.54, 1.807) is 0 Å². The van der Waals surface area contributed by atoms with Crippen molar-refractivity contribution >= 4 is 0 Å². The lowest BCUT2D eigenvalue weighted by molar-refractivity contribution is -0.266. The first kappa shape index (κ1) is 20.0. The Kier molecular flexibility index (Phi) is 7.02. The van der Waals surface area contributed by atoms with Gasteiger partial charge in [0.25, 0.3) is 0 Å². The molecular formula is C23H31NO3. The maximum Gasteiger partial charge on any atom is 0.185 e. The number of hydrogen-bond donors (Lipinski definition) is 1. The highest BCUT2D eigenvalue weighted by atomic mass is 16.7. The highest BCUT2D eigenvalue weighted by Crippen LogP contribution is 2.28.